The van der Waals surface area contributed by atoms with Crippen molar-refractivity contribution in [3.05, 3.63) is 41.9 Å². The van der Waals surface area contributed by atoms with Crippen LogP contribution in [-0.4, -0.2) is 79.7 Å². The third-order valence-electron chi connectivity index (χ3n) is 5.09. The van der Waals surface area contributed by atoms with Crippen LogP contribution in [0.1, 0.15) is 10.4 Å². The van der Waals surface area contributed by atoms with E-state index in [0.717, 1.165) is 17.5 Å². The maximum absolute atomic E-state index is 12.9. The van der Waals surface area contributed by atoms with Gasteiger partial charge in [0.2, 0.25) is 18.1 Å². The maximum atomic E-state index is 12.9. The minimum atomic E-state index is -1.75. The number of β-lactam (4-membered cyclic amide) rings is 1. The predicted molar refractivity (Wildman–Crippen MR) is 124 cm³/mol. The summed E-state index contributed by atoms with van der Waals surface area (Å²) in [5.74, 6) is -4.64. The summed E-state index contributed by atoms with van der Waals surface area (Å²) in [7, 11) is 0. The Kier molecular flexibility index (Phi) is 7.06. The molecule has 3 aliphatic rings. The van der Waals surface area contributed by atoms with Crippen LogP contribution in [0.4, 0.5) is 0 Å². The Morgan fingerprint density at radius 1 is 1.37 bits per heavy atom. The summed E-state index contributed by atoms with van der Waals surface area (Å²) in [5, 5.41) is 23.5. The fourth-order valence-corrected chi connectivity index (χ4v) is 5.25. The van der Waals surface area contributed by atoms with Gasteiger partial charge in [0.25, 0.3) is 11.8 Å². The highest BCUT2D eigenvalue weighted by molar-refractivity contribution is 8.10. The molecule has 0 aliphatic carbocycles. The third kappa shape index (κ3) is 5.29. The Hall–Kier alpha value is -3.47. The summed E-state index contributed by atoms with van der Waals surface area (Å²) in [6.07, 6.45) is 5.02. The Balaban J connectivity index is 1.41. The minimum Gasteiger partial charge on any atom is -0.479 e. The van der Waals surface area contributed by atoms with Crippen molar-refractivity contribution >= 4 is 58.7 Å². The lowest BCUT2D eigenvalue weighted by Gasteiger charge is -2.47. The molecule has 0 saturated carbocycles. The molecule has 2 unspecified atom stereocenters. The molecule has 0 spiro atoms. The highest BCUT2D eigenvalue weighted by Crippen LogP contribution is 2.36. The number of aromatic nitrogens is 1. The van der Waals surface area contributed by atoms with E-state index in [-0.39, 0.29) is 16.8 Å². The number of pyridine rings is 1. The number of carboxylic acid groups (broad SMARTS) is 2. The molecule has 1 saturated heterocycles. The van der Waals surface area contributed by atoms with Gasteiger partial charge in [0.1, 0.15) is 11.4 Å². The number of fused-ring (bicyclic) bond motifs is 1. The molecule has 16 heteroatoms. The van der Waals surface area contributed by atoms with Crippen LogP contribution in [-0.2, 0) is 25.8 Å². The molecular formula is C19H20N7O7S2+. The molecule has 35 heavy (non-hydrogen) atoms. The second-order valence-electron chi connectivity index (χ2n) is 7.58. The minimum absolute atomic E-state index is 0.178. The zero-order chi connectivity index (χ0) is 25.2. The molecule has 3 atom stereocenters. The number of carboxylic acids is 2. The maximum Gasteiger partial charge on any atom is 0.344 e. The molecule has 6 N–H and O–H groups in total. The van der Waals surface area contributed by atoms with Crippen molar-refractivity contribution in [2.24, 2.45) is 15.9 Å². The third-order valence-corrected chi connectivity index (χ3v) is 7.11. The second-order valence-corrected chi connectivity index (χ2v) is 9.33. The van der Waals surface area contributed by atoms with Crippen LogP contribution in [0.3, 0.4) is 0 Å². The number of thioether (sulfide) groups is 1. The fourth-order valence-electron chi connectivity index (χ4n) is 3.39. The van der Waals surface area contributed by atoms with Crippen molar-refractivity contribution in [3.63, 3.8) is 0 Å². The summed E-state index contributed by atoms with van der Waals surface area (Å²) in [6, 6.07) is 2.14. The predicted octanol–water partition coefficient (Wildman–Crippen LogP) is -1.69. The zero-order valence-corrected chi connectivity index (χ0v) is 19.5. The number of amides is 2. The summed E-state index contributed by atoms with van der Waals surface area (Å²) >= 11 is 2.46. The van der Waals surface area contributed by atoms with Crippen molar-refractivity contribution in [1.82, 2.24) is 14.9 Å². The molecule has 3 aliphatic heterocycles. The first kappa shape index (κ1) is 24.6. The number of carbonyl (C=O) groups is 4. The number of hydrogen-bond acceptors (Lipinski definition) is 11. The van der Waals surface area contributed by atoms with E-state index in [1.54, 1.807) is 23.2 Å². The van der Waals surface area contributed by atoms with E-state index in [2.05, 4.69) is 20.2 Å². The largest absolute Gasteiger partial charge is 0.479 e. The van der Waals surface area contributed by atoms with E-state index in [9.17, 15) is 19.2 Å². The Morgan fingerprint density at radius 2 is 2.11 bits per heavy atom. The first-order valence-corrected chi connectivity index (χ1v) is 11.9. The average molecular weight is 523 g/mol. The standard InChI is InChI=1S/C19H19N7O7S2/c20-19(21-9-35-24-19)14(23-33-7-12(27)28)15(29)22-13-16(30)26-6-10(8-34-17(13)26)5-25-3-1-11(2-4-25)18(31)32/h1-4,6,9,13,17,24H,5,7-8,20H2,(H2-,22,27,28,29,31,32)/p+1/t13?,17-,19?/m1/s1. The molecule has 14 nitrogen and oxygen atoms in total. The SMILES string of the molecule is NC1(C(=NOCC(=O)O)C(=O)NC2C(=O)N3C=C(C[n+]4ccc(C(=O)O)cc4)CS[C@H]23)N=CSN1. The van der Waals surface area contributed by atoms with E-state index in [1.807, 2.05) is 0 Å². The molecular weight excluding hydrogens is 502 g/mol. The van der Waals surface area contributed by atoms with Crippen molar-refractivity contribution in [2.75, 3.05) is 12.4 Å². The van der Waals surface area contributed by atoms with Gasteiger partial charge in [-0.15, -0.1) is 11.8 Å². The molecule has 0 radical (unpaired) electrons. The number of oxime groups is 1. The van der Waals surface area contributed by atoms with Crippen molar-refractivity contribution in [2.45, 2.75) is 23.7 Å². The number of hydrogen-bond donors (Lipinski definition) is 5. The van der Waals surface area contributed by atoms with Crippen molar-refractivity contribution < 1.29 is 38.8 Å². The van der Waals surface area contributed by atoms with Gasteiger partial charge in [-0.25, -0.2) is 23.9 Å². The number of nitrogens with zero attached hydrogens (tertiary/aromatic N) is 4. The molecule has 1 aromatic heterocycles. The molecule has 1 aromatic rings. The van der Waals surface area contributed by atoms with E-state index >= 15 is 0 Å². The van der Waals surface area contributed by atoms with Gasteiger partial charge in [-0.2, -0.15) is 0 Å². The first-order valence-electron chi connectivity index (χ1n) is 10.0. The number of carbonyl (C=O) groups excluding carboxylic acids is 2. The molecule has 0 bridgehead atoms. The smallest absolute Gasteiger partial charge is 0.344 e. The first-order chi connectivity index (χ1) is 16.7. The van der Waals surface area contributed by atoms with Gasteiger partial charge < -0.3 is 25.3 Å². The highest BCUT2D eigenvalue weighted by Gasteiger charge is 2.51. The van der Waals surface area contributed by atoms with Crippen LogP contribution < -0.4 is 20.3 Å². The van der Waals surface area contributed by atoms with E-state index < -0.39 is 42.0 Å². The van der Waals surface area contributed by atoms with Gasteiger partial charge in [-0.05, 0) is 11.9 Å². The van der Waals surface area contributed by atoms with Crippen LogP contribution in [0.25, 0.3) is 0 Å². The summed E-state index contributed by atoms with van der Waals surface area (Å²) in [4.78, 5) is 57.5. The fraction of sp³-hybridized carbons (Fsp3) is 0.316. The van der Waals surface area contributed by atoms with Gasteiger partial charge >= 0.3 is 11.9 Å². The Morgan fingerprint density at radius 3 is 2.74 bits per heavy atom. The Bertz CT molecular complexity index is 1160. The Labute approximate surface area is 206 Å². The van der Waals surface area contributed by atoms with Crippen LogP contribution >= 0.6 is 23.7 Å². The van der Waals surface area contributed by atoms with Gasteiger partial charge in [0.15, 0.2) is 18.9 Å². The van der Waals surface area contributed by atoms with E-state index in [0.29, 0.717) is 12.3 Å². The van der Waals surface area contributed by atoms with Gasteiger partial charge in [0, 0.05) is 29.7 Å². The molecule has 4 rings (SSSR count). The van der Waals surface area contributed by atoms with Crippen molar-refractivity contribution in [3.8, 4) is 0 Å². The average Bonchev–Trinajstić information content (AvgIpc) is 3.27. The molecule has 184 valence electrons. The quantitative estimate of drug-likeness (QED) is 0.0814. The number of nitrogens with two attached hydrogens (primary N) is 1. The zero-order valence-electron chi connectivity index (χ0n) is 17.9. The van der Waals surface area contributed by atoms with Gasteiger partial charge in [-0.3, -0.25) is 15.3 Å². The van der Waals surface area contributed by atoms with E-state index in [4.69, 9.17) is 20.8 Å². The monoisotopic (exact) mass is 522 g/mol. The number of aromatic carboxylic acids is 1. The lowest BCUT2D eigenvalue weighted by atomic mass is 10.1. The summed E-state index contributed by atoms with van der Waals surface area (Å²) in [5.41, 5.74) is 8.09. The number of aliphatic imine (C=N–C) groups is 1. The number of nitrogens with one attached hydrogen (secondary N) is 2. The molecule has 2 amide bonds. The summed E-state index contributed by atoms with van der Waals surface area (Å²) < 4.78 is 4.48. The number of aliphatic carboxylic acids is 1. The highest BCUT2D eigenvalue weighted by atomic mass is 32.2. The van der Waals surface area contributed by atoms with Gasteiger partial charge in [0.05, 0.1) is 11.1 Å². The molecule has 1 fully saturated rings. The normalized spacial score (nSPS) is 25.4. The summed E-state index contributed by atoms with van der Waals surface area (Å²) in [6.45, 7) is -0.321. The topological polar surface area (TPSA) is 200 Å². The van der Waals surface area contributed by atoms with Crippen molar-refractivity contribution in [1.29, 1.82) is 0 Å². The number of rotatable bonds is 9. The molecule has 4 heterocycles. The molecule has 0 aromatic carbocycles. The van der Waals surface area contributed by atoms with Crippen LogP contribution in [0.2, 0.25) is 0 Å². The second kappa shape index (κ2) is 10.0. The van der Waals surface area contributed by atoms with Crippen LogP contribution in [0.5, 0.6) is 0 Å². The lowest BCUT2D eigenvalue weighted by molar-refractivity contribution is -0.689. The lowest BCUT2D eigenvalue weighted by Crippen LogP contribution is -2.70. The van der Waals surface area contributed by atoms with Gasteiger partial charge in [-0.1, -0.05) is 5.16 Å². The van der Waals surface area contributed by atoms with Crippen LogP contribution in [0.15, 0.2) is 46.4 Å². The van der Waals surface area contributed by atoms with E-state index in [1.165, 1.54) is 34.3 Å². The van der Waals surface area contributed by atoms with Crippen LogP contribution in [0, 0.1) is 0 Å².